The highest BCUT2D eigenvalue weighted by Gasteiger charge is 2.47. The van der Waals surface area contributed by atoms with Crippen LogP contribution in [0.15, 0.2) is 65.7 Å². The van der Waals surface area contributed by atoms with E-state index >= 15 is 0 Å². The Morgan fingerprint density at radius 3 is 2.08 bits per heavy atom. The molecule has 0 spiro atoms. The van der Waals surface area contributed by atoms with Crippen molar-refractivity contribution in [1.82, 2.24) is 10.6 Å². The maximum atomic E-state index is 13.6. The molecule has 2 aromatic carbocycles. The number of guanidine groups is 1. The third kappa shape index (κ3) is 11.1. The summed E-state index contributed by atoms with van der Waals surface area (Å²) in [6, 6.07) is 19.1. The van der Waals surface area contributed by atoms with E-state index in [1.807, 2.05) is 24.3 Å². The van der Waals surface area contributed by atoms with E-state index in [0.717, 1.165) is 19.3 Å². The van der Waals surface area contributed by atoms with Gasteiger partial charge in [-0.25, -0.2) is 4.79 Å². The van der Waals surface area contributed by atoms with Crippen LogP contribution in [0.3, 0.4) is 0 Å². The molecule has 3 amide bonds. The molecular formula is C30H43N5O5. The van der Waals surface area contributed by atoms with Crippen LogP contribution < -0.4 is 22.1 Å². The van der Waals surface area contributed by atoms with Crippen LogP contribution in [0, 0.1) is 5.92 Å². The lowest BCUT2D eigenvalue weighted by Crippen LogP contribution is -2.64. The van der Waals surface area contributed by atoms with Crippen LogP contribution >= 0.6 is 0 Å². The van der Waals surface area contributed by atoms with E-state index in [9.17, 15) is 19.5 Å². The number of rotatable bonds is 14. The van der Waals surface area contributed by atoms with E-state index in [2.05, 4.69) is 27.8 Å². The lowest BCUT2D eigenvalue weighted by atomic mass is 9.77. The number of unbranched alkanes of at least 4 members (excludes halogenated alkanes) is 2. The fraction of sp³-hybridized carbons (Fsp3) is 0.467. The van der Waals surface area contributed by atoms with Crippen LogP contribution in [0.4, 0.5) is 4.79 Å². The van der Waals surface area contributed by atoms with Gasteiger partial charge in [-0.3, -0.25) is 9.59 Å². The number of benzene rings is 2. The number of hydrogen-bond acceptors (Lipinski definition) is 5. The Labute approximate surface area is 236 Å². The number of aliphatic hydroxyl groups is 1. The van der Waals surface area contributed by atoms with Crippen LogP contribution in [0.25, 0.3) is 0 Å². The van der Waals surface area contributed by atoms with E-state index in [0.29, 0.717) is 12.0 Å². The Morgan fingerprint density at radius 2 is 1.52 bits per heavy atom. The summed E-state index contributed by atoms with van der Waals surface area (Å²) in [5.41, 5.74) is 10.6. The number of amides is 3. The highest BCUT2D eigenvalue weighted by atomic mass is 16.6. The number of aliphatic hydroxyl groups excluding tert-OH is 1. The summed E-state index contributed by atoms with van der Waals surface area (Å²) >= 11 is 0. The summed E-state index contributed by atoms with van der Waals surface area (Å²) in [4.78, 5) is 43.0. The van der Waals surface area contributed by atoms with Gasteiger partial charge in [-0.2, -0.15) is 4.99 Å². The van der Waals surface area contributed by atoms with Gasteiger partial charge in [-0.15, -0.1) is 0 Å². The second-order valence-corrected chi connectivity index (χ2v) is 10.8. The SMILES string of the molecule is CC(C)(C)OC(=O)NCC(CO)[C@@](Cc1ccccc1)(NC(=O)CCCCCc1ccccc1)C(=O)N=C(N)N. The number of ether oxygens (including phenoxy) is 1. The molecular weight excluding hydrogens is 510 g/mol. The van der Waals surface area contributed by atoms with Crippen molar-refractivity contribution in [3.05, 3.63) is 71.8 Å². The Bertz CT molecular complexity index is 1110. The minimum absolute atomic E-state index is 0.00950. The first-order valence-corrected chi connectivity index (χ1v) is 13.6. The van der Waals surface area contributed by atoms with Crippen molar-refractivity contribution in [1.29, 1.82) is 0 Å². The van der Waals surface area contributed by atoms with E-state index in [-0.39, 0.29) is 25.3 Å². The summed E-state index contributed by atoms with van der Waals surface area (Å²) in [5.74, 6) is -2.66. The first kappa shape index (κ1) is 32.3. The van der Waals surface area contributed by atoms with Gasteiger partial charge < -0.3 is 31.9 Å². The Morgan fingerprint density at radius 1 is 0.925 bits per heavy atom. The number of carbonyl (C=O) groups is 3. The zero-order valence-corrected chi connectivity index (χ0v) is 23.7. The first-order valence-electron chi connectivity index (χ1n) is 13.6. The monoisotopic (exact) mass is 553 g/mol. The van der Waals surface area contributed by atoms with Crippen molar-refractivity contribution >= 4 is 23.9 Å². The number of nitrogens with zero attached hydrogens (tertiary/aromatic N) is 1. The van der Waals surface area contributed by atoms with Crippen LogP contribution in [0.2, 0.25) is 0 Å². The van der Waals surface area contributed by atoms with E-state index in [1.165, 1.54) is 5.56 Å². The molecule has 0 radical (unpaired) electrons. The van der Waals surface area contributed by atoms with Crippen molar-refractivity contribution in [3.8, 4) is 0 Å². The fourth-order valence-electron chi connectivity index (χ4n) is 4.39. The van der Waals surface area contributed by atoms with Crippen molar-refractivity contribution in [3.63, 3.8) is 0 Å². The standard InChI is InChI=1S/C30H43N5O5/c1-29(2,3)40-28(39)33-20-24(21-36)30(26(38)34-27(31)32,19-23-16-10-5-11-17-23)35-25(37)18-12-6-9-15-22-13-7-4-8-14-22/h4-5,7-8,10-11,13-14,16-17,24,36H,6,9,12,15,18-21H2,1-3H3,(H,33,39)(H,35,37)(H4,31,32,34,38)/t24?,30-/m1/s1. The molecule has 0 saturated heterocycles. The van der Waals surface area contributed by atoms with E-state index in [4.69, 9.17) is 16.2 Å². The molecule has 0 aliphatic rings. The molecule has 2 atom stereocenters. The molecule has 0 aromatic heterocycles. The first-order chi connectivity index (χ1) is 18.9. The summed E-state index contributed by atoms with van der Waals surface area (Å²) in [5, 5.41) is 15.9. The largest absolute Gasteiger partial charge is 0.444 e. The van der Waals surface area contributed by atoms with Crippen molar-refractivity contribution in [2.75, 3.05) is 13.2 Å². The molecule has 1 unspecified atom stereocenters. The molecule has 2 rings (SSSR count). The summed E-state index contributed by atoms with van der Waals surface area (Å²) in [6.07, 6.45) is 2.68. The average Bonchev–Trinajstić information content (AvgIpc) is 2.88. The molecule has 0 saturated carbocycles. The minimum atomic E-state index is -1.74. The number of carbonyl (C=O) groups excluding carboxylic acids is 3. The average molecular weight is 554 g/mol. The maximum Gasteiger partial charge on any atom is 0.407 e. The van der Waals surface area contributed by atoms with Gasteiger partial charge in [-0.05, 0) is 51.2 Å². The maximum absolute atomic E-state index is 13.6. The van der Waals surface area contributed by atoms with Gasteiger partial charge in [0.1, 0.15) is 11.1 Å². The van der Waals surface area contributed by atoms with E-state index in [1.54, 1.807) is 45.0 Å². The summed E-state index contributed by atoms with van der Waals surface area (Å²) < 4.78 is 5.31. The number of aliphatic imine (C=N–C) groups is 1. The van der Waals surface area contributed by atoms with Gasteiger partial charge in [-0.1, -0.05) is 67.1 Å². The quantitative estimate of drug-likeness (QED) is 0.136. The molecule has 10 nitrogen and oxygen atoms in total. The number of alkyl carbamates (subject to hydrolysis) is 1. The molecule has 0 fully saturated rings. The van der Waals surface area contributed by atoms with Crippen molar-refractivity contribution < 1.29 is 24.2 Å². The third-order valence-corrected chi connectivity index (χ3v) is 6.32. The van der Waals surface area contributed by atoms with Gasteiger partial charge in [0.05, 0.1) is 6.61 Å². The lowest BCUT2D eigenvalue weighted by molar-refractivity contribution is -0.134. The van der Waals surface area contributed by atoms with Crippen molar-refractivity contribution in [2.45, 2.75) is 70.4 Å². The minimum Gasteiger partial charge on any atom is -0.444 e. The Kier molecular flexibility index (Phi) is 12.6. The topological polar surface area (TPSA) is 169 Å². The molecule has 0 aliphatic carbocycles. The Balaban J connectivity index is 2.25. The zero-order valence-electron chi connectivity index (χ0n) is 23.7. The number of nitrogens with one attached hydrogen (secondary N) is 2. The van der Waals surface area contributed by atoms with E-state index < -0.39 is 41.6 Å². The summed E-state index contributed by atoms with van der Waals surface area (Å²) in [7, 11) is 0. The molecule has 7 N–H and O–H groups in total. The number of nitrogens with two attached hydrogens (primary N) is 2. The fourth-order valence-corrected chi connectivity index (χ4v) is 4.39. The lowest BCUT2D eigenvalue weighted by Gasteiger charge is -2.38. The predicted molar refractivity (Wildman–Crippen MR) is 155 cm³/mol. The normalized spacial score (nSPS) is 13.4. The van der Waals surface area contributed by atoms with Crippen molar-refractivity contribution in [2.24, 2.45) is 22.4 Å². The van der Waals surface area contributed by atoms with Gasteiger partial charge in [0.2, 0.25) is 5.91 Å². The van der Waals surface area contributed by atoms with Crippen LogP contribution in [0.5, 0.6) is 0 Å². The summed E-state index contributed by atoms with van der Waals surface area (Å²) in [6.45, 7) is 4.43. The molecule has 218 valence electrons. The third-order valence-electron chi connectivity index (χ3n) is 6.32. The highest BCUT2D eigenvalue weighted by molar-refractivity contribution is 5.99. The molecule has 0 bridgehead atoms. The second kappa shape index (κ2) is 15.6. The smallest absolute Gasteiger partial charge is 0.407 e. The molecule has 2 aromatic rings. The number of hydrogen-bond donors (Lipinski definition) is 5. The molecule has 40 heavy (non-hydrogen) atoms. The molecule has 10 heteroatoms. The Hall–Kier alpha value is -3.92. The van der Waals surface area contributed by atoms with Gasteiger partial charge >= 0.3 is 6.09 Å². The number of aryl methyl sites for hydroxylation is 1. The highest BCUT2D eigenvalue weighted by Crippen LogP contribution is 2.26. The van der Waals surface area contributed by atoms with Crippen LogP contribution in [-0.4, -0.2) is 53.3 Å². The van der Waals surface area contributed by atoms with Crippen LogP contribution in [0.1, 0.15) is 57.6 Å². The predicted octanol–water partition coefficient (Wildman–Crippen LogP) is 2.82. The molecule has 0 heterocycles. The zero-order chi connectivity index (χ0) is 29.6. The van der Waals surface area contributed by atoms with Crippen LogP contribution in [-0.2, 0) is 27.2 Å². The molecule has 0 aliphatic heterocycles. The van der Waals surface area contributed by atoms with Gasteiger partial charge in [0.15, 0.2) is 5.96 Å². The van der Waals surface area contributed by atoms with Gasteiger partial charge in [0.25, 0.3) is 5.91 Å². The second-order valence-electron chi connectivity index (χ2n) is 10.8. The van der Waals surface area contributed by atoms with Gasteiger partial charge in [0, 0.05) is 25.3 Å².